The van der Waals surface area contributed by atoms with Crippen molar-refractivity contribution in [2.75, 3.05) is 11.9 Å². The number of fused-ring (bicyclic) bond motifs is 1. The van der Waals surface area contributed by atoms with Gasteiger partial charge in [0.1, 0.15) is 6.04 Å². The van der Waals surface area contributed by atoms with E-state index >= 15 is 0 Å². The molecule has 1 aliphatic rings. The number of nitro benzene ring substituents is 1. The molecule has 4 rings (SSSR count). The smallest absolute Gasteiger partial charge is 0.330 e. The number of anilines is 1. The van der Waals surface area contributed by atoms with E-state index in [-0.39, 0.29) is 28.9 Å². The Kier molecular flexibility index (Phi) is 6.63. The highest BCUT2D eigenvalue weighted by atomic mass is 16.6. The number of carbonyl (C=O) groups excluding carboxylic acids is 4. The Bertz CT molecular complexity index is 1290. The van der Waals surface area contributed by atoms with Gasteiger partial charge in [-0.3, -0.25) is 29.4 Å². The molecule has 1 N–H and O–H groups in total. The summed E-state index contributed by atoms with van der Waals surface area (Å²) in [5.41, 5.74) is 1.00. The molecule has 3 aromatic carbocycles. The average molecular weight is 473 g/mol. The van der Waals surface area contributed by atoms with Gasteiger partial charge in [0.05, 0.1) is 16.1 Å². The Morgan fingerprint density at radius 3 is 2.17 bits per heavy atom. The molecule has 10 heteroatoms. The number of ether oxygens (including phenoxy) is 1. The fraction of sp³-hybridized carbons (Fsp3) is 0.120. The highest BCUT2D eigenvalue weighted by molar-refractivity contribution is 6.22. The number of rotatable bonds is 8. The second kappa shape index (κ2) is 9.96. The quantitative estimate of drug-likeness (QED) is 0.230. The molecule has 3 aromatic rings. The predicted octanol–water partition coefficient (Wildman–Crippen LogP) is 2.98. The van der Waals surface area contributed by atoms with Crippen LogP contribution in [0.15, 0.2) is 78.9 Å². The zero-order chi connectivity index (χ0) is 24.9. The largest absolute Gasteiger partial charge is 0.454 e. The normalized spacial score (nSPS) is 13.2. The number of amides is 3. The van der Waals surface area contributed by atoms with Gasteiger partial charge in [0.25, 0.3) is 23.4 Å². The molecule has 0 aliphatic carbocycles. The number of carbonyl (C=O) groups is 4. The topological polar surface area (TPSA) is 136 Å². The van der Waals surface area contributed by atoms with Crippen LogP contribution >= 0.6 is 0 Å². The van der Waals surface area contributed by atoms with Gasteiger partial charge in [-0.25, -0.2) is 4.79 Å². The summed E-state index contributed by atoms with van der Waals surface area (Å²) < 4.78 is 5.17. The number of imide groups is 1. The summed E-state index contributed by atoms with van der Waals surface area (Å²) in [5, 5.41) is 13.3. The van der Waals surface area contributed by atoms with Crippen LogP contribution in [0.3, 0.4) is 0 Å². The first-order valence-electron chi connectivity index (χ1n) is 10.6. The third-order valence-electron chi connectivity index (χ3n) is 5.37. The van der Waals surface area contributed by atoms with Gasteiger partial charge in [-0.15, -0.1) is 0 Å². The molecule has 10 nitrogen and oxygen atoms in total. The second-order valence-corrected chi connectivity index (χ2v) is 7.69. The van der Waals surface area contributed by atoms with Gasteiger partial charge in [0, 0.05) is 24.2 Å². The molecule has 1 aliphatic heterocycles. The van der Waals surface area contributed by atoms with E-state index in [1.165, 1.54) is 30.3 Å². The van der Waals surface area contributed by atoms with E-state index in [4.69, 9.17) is 4.74 Å². The van der Waals surface area contributed by atoms with Crippen molar-refractivity contribution in [2.24, 2.45) is 0 Å². The summed E-state index contributed by atoms with van der Waals surface area (Å²) in [6.45, 7) is -0.712. The number of esters is 1. The third kappa shape index (κ3) is 5.06. The van der Waals surface area contributed by atoms with Crippen molar-refractivity contribution in [2.45, 2.75) is 12.5 Å². The predicted molar refractivity (Wildman–Crippen MR) is 124 cm³/mol. The Balaban J connectivity index is 1.50. The summed E-state index contributed by atoms with van der Waals surface area (Å²) in [6.07, 6.45) is -0.00234. The van der Waals surface area contributed by atoms with Crippen LogP contribution in [0.1, 0.15) is 26.3 Å². The molecule has 1 heterocycles. The van der Waals surface area contributed by atoms with E-state index in [0.717, 1.165) is 11.0 Å². The lowest BCUT2D eigenvalue weighted by atomic mass is 10.0. The van der Waals surface area contributed by atoms with E-state index in [1.54, 1.807) is 42.5 Å². The minimum atomic E-state index is -1.30. The molecule has 0 radical (unpaired) electrons. The molecule has 1 atom stereocenters. The molecule has 0 aromatic heterocycles. The fourth-order valence-electron chi connectivity index (χ4n) is 3.74. The van der Waals surface area contributed by atoms with Crippen LogP contribution in [-0.2, 0) is 20.7 Å². The number of non-ortho nitro benzene ring substituents is 1. The van der Waals surface area contributed by atoms with E-state index in [2.05, 4.69) is 5.32 Å². The minimum Gasteiger partial charge on any atom is -0.454 e. The highest BCUT2D eigenvalue weighted by Gasteiger charge is 2.43. The van der Waals surface area contributed by atoms with Gasteiger partial charge >= 0.3 is 5.97 Å². The first-order chi connectivity index (χ1) is 16.8. The second-order valence-electron chi connectivity index (χ2n) is 7.69. The van der Waals surface area contributed by atoms with Crippen molar-refractivity contribution < 1.29 is 28.8 Å². The first-order valence-corrected chi connectivity index (χ1v) is 10.6. The summed E-state index contributed by atoms with van der Waals surface area (Å²) in [4.78, 5) is 62.4. The van der Waals surface area contributed by atoms with E-state index < -0.39 is 41.3 Å². The first kappa shape index (κ1) is 23.3. The molecule has 0 fully saturated rings. The molecule has 0 spiro atoms. The van der Waals surface area contributed by atoms with Crippen molar-refractivity contribution in [1.82, 2.24) is 4.90 Å². The summed E-state index contributed by atoms with van der Waals surface area (Å²) in [6, 6.07) is 19.0. The zero-order valence-electron chi connectivity index (χ0n) is 18.2. The number of nitro groups is 1. The summed E-state index contributed by atoms with van der Waals surface area (Å²) >= 11 is 0. The Labute approximate surface area is 199 Å². The number of benzene rings is 3. The Hall–Kier alpha value is -4.86. The van der Waals surface area contributed by atoms with Gasteiger partial charge in [0.15, 0.2) is 6.61 Å². The minimum absolute atomic E-state index is 0.00234. The van der Waals surface area contributed by atoms with Crippen LogP contribution in [0.4, 0.5) is 11.4 Å². The van der Waals surface area contributed by atoms with Crippen LogP contribution in [0.25, 0.3) is 0 Å². The number of hydrogen-bond donors (Lipinski definition) is 1. The van der Waals surface area contributed by atoms with Gasteiger partial charge in [0.2, 0.25) is 0 Å². The van der Waals surface area contributed by atoms with Crippen LogP contribution < -0.4 is 5.32 Å². The van der Waals surface area contributed by atoms with E-state index in [9.17, 15) is 29.3 Å². The van der Waals surface area contributed by atoms with Crippen LogP contribution in [-0.4, -0.2) is 46.2 Å². The SMILES string of the molecule is O=C(COC(=O)[C@H](Cc1ccccc1)N1C(=O)c2ccccc2C1=O)Nc1cccc([N+](=O)[O-])c1. The van der Waals surface area contributed by atoms with Gasteiger partial charge in [-0.1, -0.05) is 48.5 Å². The molecule has 0 unspecified atom stereocenters. The van der Waals surface area contributed by atoms with Crippen molar-refractivity contribution in [1.29, 1.82) is 0 Å². The summed E-state index contributed by atoms with van der Waals surface area (Å²) in [5.74, 6) is -2.91. The standard InChI is InChI=1S/C25H19N3O7/c29-22(26-17-9-6-10-18(14-17)28(33)34)15-35-25(32)21(13-16-7-2-1-3-8-16)27-23(30)19-11-4-5-12-20(19)24(27)31/h1-12,14,21H,13,15H2,(H,26,29)/t21-/m0/s1. The van der Waals surface area contributed by atoms with Crippen molar-refractivity contribution in [3.05, 3.63) is 106 Å². The van der Waals surface area contributed by atoms with E-state index in [1.807, 2.05) is 0 Å². The van der Waals surface area contributed by atoms with Gasteiger partial charge < -0.3 is 10.1 Å². The monoisotopic (exact) mass is 473 g/mol. The molecule has 3 amide bonds. The maximum Gasteiger partial charge on any atom is 0.330 e. The zero-order valence-corrected chi connectivity index (χ0v) is 18.2. The summed E-state index contributed by atoms with van der Waals surface area (Å²) in [7, 11) is 0. The van der Waals surface area contributed by atoms with E-state index in [0.29, 0.717) is 5.56 Å². The molecular weight excluding hydrogens is 454 g/mol. The molecule has 176 valence electrons. The van der Waals surface area contributed by atoms with Gasteiger partial charge in [-0.05, 0) is 23.8 Å². The maximum atomic E-state index is 13.0. The highest BCUT2D eigenvalue weighted by Crippen LogP contribution is 2.26. The van der Waals surface area contributed by atoms with Crippen molar-refractivity contribution >= 4 is 35.1 Å². The Morgan fingerprint density at radius 2 is 1.54 bits per heavy atom. The maximum absolute atomic E-state index is 13.0. The van der Waals surface area contributed by atoms with Crippen molar-refractivity contribution in [3.63, 3.8) is 0 Å². The average Bonchev–Trinajstić information content (AvgIpc) is 3.11. The number of nitrogens with zero attached hydrogens (tertiary/aromatic N) is 2. The molecule has 0 bridgehead atoms. The lowest BCUT2D eigenvalue weighted by Crippen LogP contribution is -2.47. The molecule has 35 heavy (non-hydrogen) atoms. The van der Waals surface area contributed by atoms with Crippen molar-refractivity contribution in [3.8, 4) is 0 Å². The van der Waals surface area contributed by atoms with Gasteiger partial charge in [-0.2, -0.15) is 0 Å². The van der Waals surface area contributed by atoms with Crippen LogP contribution in [0, 0.1) is 10.1 Å². The molecule has 0 saturated heterocycles. The number of nitrogens with one attached hydrogen (secondary N) is 1. The lowest BCUT2D eigenvalue weighted by molar-refractivity contribution is -0.384. The van der Waals surface area contributed by atoms with Crippen LogP contribution in [0.2, 0.25) is 0 Å². The fourth-order valence-corrected chi connectivity index (χ4v) is 3.74. The molecule has 0 saturated carbocycles. The number of hydrogen-bond acceptors (Lipinski definition) is 7. The molecular formula is C25H19N3O7. The Morgan fingerprint density at radius 1 is 0.914 bits per heavy atom. The third-order valence-corrected chi connectivity index (χ3v) is 5.37. The van der Waals surface area contributed by atoms with Crippen LogP contribution in [0.5, 0.6) is 0 Å². The lowest BCUT2D eigenvalue weighted by Gasteiger charge is -2.24.